The summed E-state index contributed by atoms with van der Waals surface area (Å²) >= 11 is 5.56. The molecular formula is C9H12ClN3O. The van der Waals surface area contributed by atoms with E-state index in [1.54, 1.807) is 6.07 Å². The molecule has 1 aromatic rings. The molecule has 1 aromatic heterocycles. The second-order valence-electron chi connectivity index (χ2n) is 2.86. The lowest BCUT2D eigenvalue weighted by Gasteiger charge is -2.02. The molecule has 0 unspecified atom stereocenters. The molecule has 0 saturated heterocycles. The van der Waals surface area contributed by atoms with Crippen molar-refractivity contribution < 1.29 is 4.79 Å². The molecule has 0 aliphatic rings. The molecule has 0 aliphatic carbocycles. The van der Waals surface area contributed by atoms with Gasteiger partial charge in [-0.25, -0.2) is 9.97 Å². The number of hydrogen-bond acceptors (Lipinski definition) is 3. The van der Waals surface area contributed by atoms with Crippen LogP contribution in [-0.2, 0) is 4.79 Å². The molecule has 0 radical (unpaired) electrons. The summed E-state index contributed by atoms with van der Waals surface area (Å²) in [5.74, 6) is 0.410. The van der Waals surface area contributed by atoms with Crippen LogP contribution >= 0.6 is 11.6 Å². The van der Waals surface area contributed by atoms with Crippen LogP contribution in [0, 0.1) is 0 Å². The van der Waals surface area contributed by atoms with E-state index >= 15 is 0 Å². The molecule has 1 heterocycles. The highest BCUT2D eigenvalue weighted by Crippen LogP contribution is 2.06. The minimum atomic E-state index is -0.0402. The molecule has 76 valence electrons. The maximum absolute atomic E-state index is 11.3. The molecule has 0 bridgehead atoms. The fourth-order valence-electron chi connectivity index (χ4n) is 0.947. The van der Waals surface area contributed by atoms with Gasteiger partial charge in [0.15, 0.2) is 0 Å². The summed E-state index contributed by atoms with van der Waals surface area (Å²) in [6.45, 7) is 2.04. The van der Waals surface area contributed by atoms with Crippen LogP contribution in [0.15, 0.2) is 12.3 Å². The first-order valence-electron chi connectivity index (χ1n) is 4.50. The summed E-state index contributed by atoms with van der Waals surface area (Å²) in [6.07, 6.45) is 3.89. The Morgan fingerprint density at radius 2 is 2.43 bits per heavy atom. The van der Waals surface area contributed by atoms with Crippen molar-refractivity contribution in [1.29, 1.82) is 0 Å². The number of carbonyl (C=O) groups is 1. The topological polar surface area (TPSA) is 54.9 Å². The average molecular weight is 214 g/mol. The molecule has 0 aromatic carbocycles. The lowest BCUT2D eigenvalue weighted by atomic mass is 10.2. The van der Waals surface area contributed by atoms with E-state index in [-0.39, 0.29) is 11.2 Å². The van der Waals surface area contributed by atoms with Gasteiger partial charge in [0.2, 0.25) is 11.2 Å². The van der Waals surface area contributed by atoms with Gasteiger partial charge in [-0.2, -0.15) is 0 Å². The van der Waals surface area contributed by atoms with Crippen molar-refractivity contribution in [2.24, 2.45) is 0 Å². The molecule has 1 N–H and O–H groups in total. The largest absolute Gasteiger partial charge is 0.311 e. The Morgan fingerprint density at radius 3 is 3.07 bits per heavy atom. The van der Waals surface area contributed by atoms with Crippen molar-refractivity contribution in [2.45, 2.75) is 26.2 Å². The Bertz CT molecular complexity index is 317. The van der Waals surface area contributed by atoms with Crippen molar-refractivity contribution in [3.05, 3.63) is 17.5 Å². The normalized spacial score (nSPS) is 9.86. The molecular weight excluding hydrogens is 202 g/mol. The maximum atomic E-state index is 11.3. The zero-order chi connectivity index (χ0) is 10.4. The van der Waals surface area contributed by atoms with Crippen molar-refractivity contribution in [2.75, 3.05) is 5.32 Å². The van der Waals surface area contributed by atoms with Gasteiger partial charge in [0.1, 0.15) is 5.82 Å². The van der Waals surface area contributed by atoms with Gasteiger partial charge >= 0.3 is 0 Å². The third kappa shape index (κ3) is 3.70. The predicted molar refractivity (Wildman–Crippen MR) is 55.2 cm³/mol. The molecule has 4 nitrogen and oxygen atoms in total. The van der Waals surface area contributed by atoms with E-state index in [1.807, 2.05) is 6.92 Å². The summed E-state index contributed by atoms with van der Waals surface area (Å²) in [6, 6.07) is 1.61. The van der Waals surface area contributed by atoms with E-state index in [0.717, 1.165) is 12.8 Å². The molecule has 14 heavy (non-hydrogen) atoms. The number of nitrogens with zero attached hydrogens (tertiary/aromatic N) is 2. The Balaban J connectivity index is 2.47. The predicted octanol–water partition coefficient (Wildman–Crippen LogP) is 2.26. The summed E-state index contributed by atoms with van der Waals surface area (Å²) in [5, 5.41) is 2.78. The summed E-state index contributed by atoms with van der Waals surface area (Å²) in [7, 11) is 0. The van der Waals surface area contributed by atoms with Gasteiger partial charge in [0, 0.05) is 12.6 Å². The van der Waals surface area contributed by atoms with E-state index in [1.165, 1.54) is 6.20 Å². The van der Waals surface area contributed by atoms with Crippen LogP contribution in [0.25, 0.3) is 0 Å². The van der Waals surface area contributed by atoms with Gasteiger partial charge in [0.05, 0.1) is 0 Å². The van der Waals surface area contributed by atoms with Gasteiger partial charge in [0.25, 0.3) is 0 Å². The van der Waals surface area contributed by atoms with E-state index in [9.17, 15) is 4.79 Å². The minimum absolute atomic E-state index is 0.0402. The summed E-state index contributed by atoms with van der Waals surface area (Å²) < 4.78 is 0. The van der Waals surface area contributed by atoms with Gasteiger partial charge in [-0.3, -0.25) is 4.79 Å². The first kappa shape index (κ1) is 10.9. The van der Waals surface area contributed by atoms with Gasteiger partial charge in [-0.05, 0) is 24.1 Å². The van der Waals surface area contributed by atoms with Crippen molar-refractivity contribution in [3.63, 3.8) is 0 Å². The second-order valence-corrected chi connectivity index (χ2v) is 3.20. The van der Waals surface area contributed by atoms with E-state index in [4.69, 9.17) is 11.6 Å². The van der Waals surface area contributed by atoms with Crippen LogP contribution in [0.1, 0.15) is 26.2 Å². The Kier molecular flexibility index (Phi) is 4.32. The first-order valence-corrected chi connectivity index (χ1v) is 4.88. The highest BCUT2D eigenvalue weighted by Gasteiger charge is 2.02. The molecule has 1 rings (SSSR count). The van der Waals surface area contributed by atoms with Crippen LogP contribution in [0.3, 0.4) is 0 Å². The van der Waals surface area contributed by atoms with Gasteiger partial charge in [-0.15, -0.1) is 0 Å². The van der Waals surface area contributed by atoms with E-state index in [2.05, 4.69) is 15.3 Å². The number of carbonyl (C=O) groups excluding carboxylic acids is 1. The van der Waals surface area contributed by atoms with Crippen LogP contribution in [0.4, 0.5) is 5.82 Å². The third-order valence-electron chi connectivity index (χ3n) is 1.65. The van der Waals surface area contributed by atoms with Crippen LogP contribution < -0.4 is 5.32 Å². The summed E-state index contributed by atoms with van der Waals surface area (Å²) in [5.41, 5.74) is 0. The quantitative estimate of drug-likeness (QED) is 0.781. The Labute approximate surface area is 87.7 Å². The summed E-state index contributed by atoms with van der Waals surface area (Å²) in [4.78, 5) is 18.8. The van der Waals surface area contributed by atoms with Crippen LogP contribution in [0.5, 0.6) is 0 Å². The van der Waals surface area contributed by atoms with Gasteiger partial charge < -0.3 is 5.32 Å². The van der Waals surface area contributed by atoms with Crippen LogP contribution in [0.2, 0.25) is 5.28 Å². The monoisotopic (exact) mass is 213 g/mol. The maximum Gasteiger partial charge on any atom is 0.225 e. The lowest BCUT2D eigenvalue weighted by molar-refractivity contribution is -0.116. The number of halogens is 1. The highest BCUT2D eigenvalue weighted by atomic mass is 35.5. The molecule has 5 heteroatoms. The van der Waals surface area contributed by atoms with E-state index < -0.39 is 0 Å². The minimum Gasteiger partial charge on any atom is -0.311 e. The Hall–Kier alpha value is -1.16. The second kappa shape index (κ2) is 5.54. The molecule has 0 aliphatic heterocycles. The van der Waals surface area contributed by atoms with Crippen molar-refractivity contribution >= 4 is 23.3 Å². The number of rotatable bonds is 4. The molecule has 0 saturated carbocycles. The number of anilines is 1. The molecule has 0 fully saturated rings. The van der Waals surface area contributed by atoms with Gasteiger partial charge in [-0.1, -0.05) is 13.3 Å². The molecule has 1 amide bonds. The number of unbranched alkanes of at least 4 members (excludes halogenated alkanes) is 1. The zero-order valence-corrected chi connectivity index (χ0v) is 8.71. The molecule has 0 spiro atoms. The van der Waals surface area contributed by atoms with Crippen molar-refractivity contribution in [1.82, 2.24) is 9.97 Å². The Morgan fingerprint density at radius 1 is 1.64 bits per heavy atom. The number of aromatic nitrogens is 2. The average Bonchev–Trinajstić information content (AvgIpc) is 2.15. The highest BCUT2D eigenvalue weighted by molar-refractivity contribution is 6.28. The lowest BCUT2D eigenvalue weighted by Crippen LogP contribution is -2.12. The van der Waals surface area contributed by atoms with E-state index in [0.29, 0.717) is 12.2 Å². The fourth-order valence-corrected chi connectivity index (χ4v) is 1.09. The smallest absolute Gasteiger partial charge is 0.225 e. The number of amides is 1. The molecule has 0 atom stereocenters. The SMILES string of the molecule is CCCCC(=O)Nc1ccnc(Cl)n1. The number of hydrogen-bond donors (Lipinski definition) is 1. The zero-order valence-electron chi connectivity index (χ0n) is 7.96. The fraction of sp³-hybridized carbons (Fsp3) is 0.444. The third-order valence-corrected chi connectivity index (χ3v) is 1.83. The van der Waals surface area contributed by atoms with Crippen molar-refractivity contribution in [3.8, 4) is 0 Å². The first-order chi connectivity index (χ1) is 6.72. The standard InChI is InChI=1S/C9H12ClN3O/c1-2-3-4-8(14)12-7-5-6-11-9(10)13-7/h5-6H,2-4H2,1H3,(H,11,12,13,14). The number of nitrogens with one attached hydrogen (secondary N) is 1. The van der Waals surface area contributed by atoms with Crippen LogP contribution in [-0.4, -0.2) is 15.9 Å².